The van der Waals surface area contributed by atoms with Crippen LogP contribution in [0.5, 0.6) is 0 Å². The molecule has 18 nitrogen and oxygen atoms in total. The van der Waals surface area contributed by atoms with Crippen LogP contribution in [-0.2, 0) is 135 Å². The maximum Gasteiger partial charge on any atom is 0.475 e. The van der Waals surface area contributed by atoms with Gasteiger partial charge in [-0.15, -0.1) is 0 Å². The Morgan fingerprint density at radius 3 is 0.533 bits per heavy atom. The molecule has 92 heavy (non-hydrogen) atoms. The Morgan fingerprint density at radius 1 is 0.239 bits per heavy atom. The van der Waals surface area contributed by atoms with Crippen LogP contribution in [0.4, 0.5) is 0 Å². The predicted octanol–water partition coefficient (Wildman–Crippen LogP) is 18.1. The smallest absolute Gasteiger partial charge is 0.373 e. The standard InChI is InChI=1S/C70H80O18P4/c1-3-5-47-75-65-67(85-89(71,77-49-57-31-15-7-16-32-57)78-50-58-33-17-8-18-34-58)69(87-91(73,81-53-61-39-23-11-24-40-61)82-54-62-41-25-12-26-42-62)66(76-48-6-4-2)70(88-92(74,83-55-63-43-27-13-28-44-63)84-56-64-45-29-14-30-46-64)68(65)86-90(72,79-51-59-35-19-9-20-36-59)80-52-60-37-21-10-22-38-60/h7-46,65-70H,3-6,47-56H2,1-2H3/t65-,66+,67-,68+,69-,70+. The summed E-state index contributed by atoms with van der Waals surface area (Å²) in [6.07, 6.45) is -9.14. The lowest BCUT2D eigenvalue weighted by Crippen LogP contribution is -2.67. The van der Waals surface area contributed by atoms with Gasteiger partial charge in [-0.2, -0.15) is 0 Å². The van der Waals surface area contributed by atoms with Crippen LogP contribution in [-0.4, -0.2) is 49.8 Å². The molecule has 0 bridgehead atoms. The number of unbranched alkanes of at least 4 members (excludes halogenated alkanes) is 2. The molecule has 0 amide bonds. The number of benzene rings is 8. The molecule has 0 unspecified atom stereocenters. The molecule has 0 aromatic heterocycles. The molecule has 22 heteroatoms. The zero-order valence-electron chi connectivity index (χ0n) is 51.6. The number of rotatable bonds is 40. The Morgan fingerprint density at radius 2 is 0.391 bits per heavy atom. The van der Waals surface area contributed by atoms with Crippen LogP contribution < -0.4 is 0 Å². The first-order valence-corrected chi connectivity index (χ1v) is 36.6. The van der Waals surface area contributed by atoms with Crippen LogP contribution in [0.2, 0.25) is 0 Å². The number of phosphoric acid groups is 4. The van der Waals surface area contributed by atoms with Crippen molar-refractivity contribution in [3.05, 3.63) is 287 Å². The Kier molecular flexibility index (Phi) is 28.1. The monoisotopic (exact) mass is 1330 g/mol. The van der Waals surface area contributed by atoms with Gasteiger partial charge in [0.2, 0.25) is 0 Å². The minimum Gasteiger partial charge on any atom is -0.373 e. The summed E-state index contributed by atoms with van der Waals surface area (Å²) in [6, 6.07) is 71.8. The lowest BCUT2D eigenvalue weighted by molar-refractivity contribution is -0.236. The van der Waals surface area contributed by atoms with E-state index >= 15 is 18.3 Å². The number of hydrogen-bond donors (Lipinski definition) is 0. The predicted molar refractivity (Wildman–Crippen MR) is 349 cm³/mol. The average molecular weight is 1330 g/mol. The Labute approximate surface area is 540 Å². The normalized spacial score (nSPS) is 18.0. The van der Waals surface area contributed by atoms with E-state index < -0.39 is 67.9 Å². The third kappa shape index (κ3) is 22.7. The third-order valence-electron chi connectivity index (χ3n) is 14.4. The van der Waals surface area contributed by atoms with Crippen LogP contribution in [0.1, 0.15) is 84.0 Å². The molecule has 0 aliphatic heterocycles. The van der Waals surface area contributed by atoms with Gasteiger partial charge in [-0.1, -0.05) is 269 Å². The highest BCUT2D eigenvalue weighted by Crippen LogP contribution is 2.63. The molecule has 1 fully saturated rings. The highest BCUT2D eigenvalue weighted by molar-refractivity contribution is 7.49. The third-order valence-corrected chi connectivity index (χ3v) is 20.0. The van der Waals surface area contributed by atoms with E-state index in [1.807, 2.05) is 62.4 Å². The number of hydrogen-bond acceptors (Lipinski definition) is 18. The summed E-state index contributed by atoms with van der Waals surface area (Å²) < 4.78 is 158. The molecule has 488 valence electrons. The highest BCUT2D eigenvalue weighted by Gasteiger charge is 2.62. The van der Waals surface area contributed by atoms with E-state index in [0.29, 0.717) is 70.2 Å². The summed E-state index contributed by atoms with van der Waals surface area (Å²) in [7, 11) is -20.1. The minimum absolute atomic E-state index is 0.0822. The van der Waals surface area contributed by atoms with E-state index in [1.165, 1.54) is 0 Å². The van der Waals surface area contributed by atoms with Crippen molar-refractivity contribution in [1.82, 2.24) is 0 Å². The van der Waals surface area contributed by atoms with Crippen LogP contribution in [0, 0.1) is 0 Å². The van der Waals surface area contributed by atoms with Crippen molar-refractivity contribution in [2.75, 3.05) is 13.2 Å². The SMILES string of the molecule is CCCCO[C@@H]1[C@@H](OP(=O)(OCc2ccccc2)OCc2ccccc2)[C@H](OP(=O)(OCc2ccccc2)OCc2ccccc2)[C@H](OCCCC)[C@H](OP(=O)(OCc2ccccc2)OCc2ccccc2)[C@H]1OP(=O)(OCc1ccccc1)OCc1ccccc1. The molecule has 9 rings (SSSR count). The number of ether oxygens (including phenoxy) is 2. The fourth-order valence-electron chi connectivity index (χ4n) is 9.52. The Balaban J connectivity index is 1.26. The average Bonchev–Trinajstić information content (AvgIpc) is 0.892. The maximum absolute atomic E-state index is 16.3. The summed E-state index contributed by atoms with van der Waals surface area (Å²) in [5.74, 6) is 0. The van der Waals surface area contributed by atoms with Crippen molar-refractivity contribution in [3.63, 3.8) is 0 Å². The van der Waals surface area contributed by atoms with Gasteiger partial charge in [0.1, 0.15) is 36.6 Å². The van der Waals surface area contributed by atoms with Crippen molar-refractivity contribution < 1.29 is 82.0 Å². The first-order chi connectivity index (χ1) is 44.9. The van der Waals surface area contributed by atoms with E-state index in [4.69, 9.17) is 63.8 Å². The molecule has 0 spiro atoms. The Hall–Kier alpha value is -5.88. The van der Waals surface area contributed by atoms with Crippen LogP contribution in [0.25, 0.3) is 0 Å². The van der Waals surface area contributed by atoms with Crippen molar-refractivity contribution in [2.24, 2.45) is 0 Å². The summed E-state index contributed by atoms with van der Waals surface area (Å²) >= 11 is 0. The van der Waals surface area contributed by atoms with Gasteiger partial charge in [0.15, 0.2) is 0 Å². The van der Waals surface area contributed by atoms with E-state index in [2.05, 4.69) is 0 Å². The summed E-state index contributed by atoms with van der Waals surface area (Å²) in [5.41, 5.74) is 4.81. The van der Waals surface area contributed by atoms with E-state index in [9.17, 15) is 0 Å². The maximum atomic E-state index is 16.3. The number of phosphoric ester groups is 4. The molecule has 6 atom stereocenters. The molecule has 8 aromatic rings. The van der Waals surface area contributed by atoms with Crippen molar-refractivity contribution >= 4 is 31.3 Å². The zero-order valence-corrected chi connectivity index (χ0v) is 55.2. The molecule has 0 saturated heterocycles. The quantitative estimate of drug-likeness (QED) is 0.0259. The molecule has 0 N–H and O–H groups in total. The first kappa shape index (κ1) is 70.4. The van der Waals surface area contributed by atoms with Gasteiger partial charge in [0, 0.05) is 13.2 Å². The van der Waals surface area contributed by atoms with Crippen molar-refractivity contribution in [2.45, 2.75) is 129 Å². The van der Waals surface area contributed by atoms with Crippen LogP contribution >= 0.6 is 31.3 Å². The second-order valence-electron chi connectivity index (χ2n) is 21.5. The summed E-state index contributed by atoms with van der Waals surface area (Å²) in [4.78, 5) is 0. The Bertz CT molecular complexity index is 2900. The van der Waals surface area contributed by atoms with Gasteiger partial charge in [0.05, 0.1) is 52.9 Å². The van der Waals surface area contributed by atoms with Gasteiger partial charge >= 0.3 is 31.3 Å². The molecule has 0 radical (unpaired) electrons. The fraction of sp³-hybridized carbons (Fsp3) is 0.314. The van der Waals surface area contributed by atoms with Crippen molar-refractivity contribution in [1.29, 1.82) is 0 Å². The molecule has 1 aliphatic carbocycles. The topological polar surface area (TPSA) is 197 Å². The molecular weight excluding hydrogens is 1250 g/mol. The van der Waals surface area contributed by atoms with Gasteiger partial charge in [0.25, 0.3) is 0 Å². The molecule has 1 saturated carbocycles. The lowest BCUT2D eigenvalue weighted by atomic mass is 9.84. The largest absolute Gasteiger partial charge is 0.475 e. The van der Waals surface area contributed by atoms with E-state index in [-0.39, 0.29) is 66.1 Å². The van der Waals surface area contributed by atoms with Gasteiger partial charge in [-0.05, 0) is 57.3 Å². The lowest BCUT2D eigenvalue weighted by Gasteiger charge is -2.50. The molecular formula is C70H80O18P4. The summed E-state index contributed by atoms with van der Waals surface area (Å²) in [6.45, 7) is 1.32. The second kappa shape index (κ2) is 36.7. The highest BCUT2D eigenvalue weighted by atomic mass is 31.2. The fourth-order valence-corrected chi connectivity index (χ4v) is 14.9. The van der Waals surface area contributed by atoms with Crippen LogP contribution in [0.15, 0.2) is 243 Å². The van der Waals surface area contributed by atoms with Gasteiger partial charge in [-0.25, -0.2) is 18.3 Å². The second-order valence-corrected chi connectivity index (χ2v) is 28.0. The van der Waals surface area contributed by atoms with E-state index in [1.54, 1.807) is 194 Å². The van der Waals surface area contributed by atoms with Crippen molar-refractivity contribution in [3.8, 4) is 0 Å². The van der Waals surface area contributed by atoms with E-state index in [0.717, 1.165) is 0 Å². The minimum atomic E-state index is -5.03. The zero-order chi connectivity index (χ0) is 64.2. The molecule has 8 aromatic carbocycles. The molecule has 0 heterocycles. The van der Waals surface area contributed by atoms with Gasteiger partial charge in [-0.3, -0.25) is 54.3 Å². The molecule has 1 aliphatic rings. The van der Waals surface area contributed by atoms with Crippen LogP contribution in [0.3, 0.4) is 0 Å². The van der Waals surface area contributed by atoms with Gasteiger partial charge < -0.3 is 9.47 Å². The first-order valence-electron chi connectivity index (χ1n) is 30.8. The summed E-state index contributed by atoms with van der Waals surface area (Å²) in [5, 5.41) is 0.